The van der Waals surface area contributed by atoms with Crippen LogP contribution in [0.15, 0.2) is 39.4 Å². The van der Waals surface area contributed by atoms with Crippen LogP contribution in [0.3, 0.4) is 0 Å². The number of nitrogens with one attached hydrogen (secondary N) is 2. The van der Waals surface area contributed by atoms with E-state index < -0.39 is 0 Å². The van der Waals surface area contributed by atoms with Gasteiger partial charge in [-0.25, -0.2) is 4.98 Å². The number of hydrogen-bond donors (Lipinski definition) is 2. The van der Waals surface area contributed by atoms with Crippen LogP contribution in [0.25, 0.3) is 6.08 Å². The number of pyridine rings is 1. The summed E-state index contributed by atoms with van der Waals surface area (Å²) in [6.07, 6.45) is 8.29. The van der Waals surface area contributed by atoms with Crippen molar-refractivity contribution in [1.29, 1.82) is 0 Å². The van der Waals surface area contributed by atoms with E-state index in [0.29, 0.717) is 30.8 Å². The van der Waals surface area contributed by atoms with Crippen molar-refractivity contribution in [3.8, 4) is 5.88 Å². The highest BCUT2D eigenvalue weighted by atomic mass is 35.5. The molecule has 0 radical (unpaired) electrons. The zero-order chi connectivity index (χ0) is 19.8. The summed E-state index contributed by atoms with van der Waals surface area (Å²) in [5.74, 6) is 1.60. The molecule has 0 spiro atoms. The molecule has 0 atom stereocenters. The van der Waals surface area contributed by atoms with E-state index in [0.717, 1.165) is 58.5 Å². The summed E-state index contributed by atoms with van der Waals surface area (Å²) in [4.78, 5) is 12.9. The number of ether oxygens (including phenoxy) is 1. The van der Waals surface area contributed by atoms with E-state index in [4.69, 9.17) is 26.4 Å². The van der Waals surface area contributed by atoms with Crippen molar-refractivity contribution in [2.24, 2.45) is 16.0 Å². The van der Waals surface area contributed by atoms with Gasteiger partial charge in [-0.15, -0.1) is 0 Å². The lowest BCUT2D eigenvalue weighted by Gasteiger charge is -2.30. The third kappa shape index (κ3) is 3.46. The molecule has 0 saturated heterocycles. The van der Waals surface area contributed by atoms with E-state index in [2.05, 4.69) is 21.5 Å². The van der Waals surface area contributed by atoms with Gasteiger partial charge < -0.3 is 15.1 Å². The highest BCUT2D eigenvalue weighted by Crippen LogP contribution is 2.37. The average Bonchev–Trinajstić information content (AvgIpc) is 3.00. The molecular formula is C22H24ClN5O. The number of aromatic amines is 1. The highest BCUT2D eigenvalue weighted by molar-refractivity contribution is 6.34. The first-order valence-corrected chi connectivity index (χ1v) is 10.5. The van der Waals surface area contributed by atoms with E-state index in [1.807, 2.05) is 24.3 Å². The number of H-pyrrole nitrogens is 1. The SMILES string of the molecule is COc1cccc(C2CCC(C3=NNCc4c3[nH]c3c4=NCC=C(Cl)C=3)CC2)n1. The van der Waals surface area contributed by atoms with Gasteiger partial charge >= 0.3 is 0 Å². The number of fused-ring (bicyclic) bond motifs is 3. The van der Waals surface area contributed by atoms with Gasteiger partial charge in [0.15, 0.2) is 0 Å². The van der Waals surface area contributed by atoms with Crippen molar-refractivity contribution in [2.45, 2.75) is 38.1 Å². The van der Waals surface area contributed by atoms with Crippen molar-refractivity contribution in [3.63, 3.8) is 0 Å². The van der Waals surface area contributed by atoms with Gasteiger partial charge in [0.1, 0.15) is 0 Å². The van der Waals surface area contributed by atoms with Gasteiger partial charge in [-0.05, 0) is 43.9 Å². The van der Waals surface area contributed by atoms with Crippen LogP contribution in [0.1, 0.15) is 48.6 Å². The molecule has 0 aromatic carbocycles. The predicted molar refractivity (Wildman–Crippen MR) is 114 cm³/mol. The van der Waals surface area contributed by atoms with E-state index in [9.17, 15) is 0 Å². The Hall–Kier alpha value is -2.60. The maximum Gasteiger partial charge on any atom is 0.213 e. The van der Waals surface area contributed by atoms with Crippen LogP contribution in [0.2, 0.25) is 0 Å². The molecule has 2 aromatic rings. The Labute approximate surface area is 174 Å². The van der Waals surface area contributed by atoms with Gasteiger partial charge in [0, 0.05) is 34.2 Å². The second-order valence-corrected chi connectivity index (χ2v) is 8.24. The predicted octanol–water partition coefficient (Wildman–Crippen LogP) is 2.74. The normalized spacial score (nSPS) is 23.2. The molecule has 2 N–H and O–H groups in total. The summed E-state index contributed by atoms with van der Waals surface area (Å²) >= 11 is 6.26. The minimum atomic E-state index is 0.428. The van der Waals surface area contributed by atoms with Gasteiger partial charge in [-0.2, -0.15) is 5.10 Å². The third-order valence-electron chi connectivity index (χ3n) is 6.12. The molecule has 2 aliphatic heterocycles. The molecule has 1 saturated carbocycles. The molecule has 0 unspecified atom stereocenters. The molecule has 1 aliphatic carbocycles. The summed E-state index contributed by atoms with van der Waals surface area (Å²) in [5.41, 5.74) is 7.82. The molecule has 3 aliphatic rings. The number of hydrogen-bond acceptors (Lipinski definition) is 5. The van der Waals surface area contributed by atoms with Gasteiger partial charge in [0.05, 0.1) is 42.3 Å². The summed E-state index contributed by atoms with van der Waals surface area (Å²) in [6, 6.07) is 6.04. The second kappa shape index (κ2) is 7.67. The monoisotopic (exact) mass is 409 g/mol. The smallest absolute Gasteiger partial charge is 0.213 e. The Morgan fingerprint density at radius 2 is 1.97 bits per heavy atom. The molecule has 1 fully saturated rings. The fourth-order valence-corrected chi connectivity index (χ4v) is 4.81. The van der Waals surface area contributed by atoms with Crippen LogP contribution in [0.5, 0.6) is 5.88 Å². The van der Waals surface area contributed by atoms with E-state index in [1.54, 1.807) is 7.11 Å². The number of allylic oxidation sites excluding steroid dienone is 1. The summed E-state index contributed by atoms with van der Waals surface area (Å²) in [6.45, 7) is 1.31. The first-order valence-electron chi connectivity index (χ1n) is 10.2. The maximum absolute atomic E-state index is 6.26. The van der Waals surface area contributed by atoms with Crippen LogP contribution in [0, 0.1) is 5.92 Å². The molecule has 6 nitrogen and oxygen atoms in total. The van der Waals surface area contributed by atoms with Crippen LogP contribution >= 0.6 is 11.6 Å². The van der Waals surface area contributed by atoms with Crippen molar-refractivity contribution in [2.75, 3.05) is 13.7 Å². The van der Waals surface area contributed by atoms with Crippen molar-refractivity contribution >= 4 is 23.4 Å². The number of halogens is 1. The van der Waals surface area contributed by atoms with Gasteiger partial charge in [0.2, 0.25) is 5.88 Å². The number of aromatic nitrogens is 2. The first-order chi connectivity index (χ1) is 14.2. The van der Waals surface area contributed by atoms with Crippen LogP contribution < -0.4 is 20.9 Å². The van der Waals surface area contributed by atoms with Crippen molar-refractivity contribution in [3.05, 3.63) is 57.0 Å². The molecule has 150 valence electrons. The third-order valence-corrected chi connectivity index (χ3v) is 6.38. The van der Waals surface area contributed by atoms with Crippen LogP contribution in [-0.4, -0.2) is 29.3 Å². The molecule has 29 heavy (non-hydrogen) atoms. The summed E-state index contributed by atoms with van der Waals surface area (Å²) in [7, 11) is 1.67. The Bertz CT molecular complexity index is 1110. The van der Waals surface area contributed by atoms with Crippen molar-refractivity contribution in [1.82, 2.24) is 15.4 Å². The molecule has 5 rings (SSSR count). The van der Waals surface area contributed by atoms with Gasteiger partial charge in [0.25, 0.3) is 0 Å². The molecule has 4 heterocycles. The van der Waals surface area contributed by atoms with E-state index in [-0.39, 0.29) is 0 Å². The number of rotatable bonds is 3. The molecule has 2 aromatic heterocycles. The van der Waals surface area contributed by atoms with Gasteiger partial charge in [-0.3, -0.25) is 4.99 Å². The largest absolute Gasteiger partial charge is 0.481 e. The van der Waals surface area contributed by atoms with Crippen LogP contribution in [-0.2, 0) is 6.54 Å². The fraction of sp³-hybridized carbons (Fsp3) is 0.409. The standard InChI is InChI=1S/C22H24ClN5O/c1-29-19-4-2-3-17(26-19)13-5-7-14(8-6-13)20-22-16(12-25-28-20)21-18(27-22)11-15(23)9-10-24-21/h2-4,9,11,13-14,25,27H,5-8,10,12H2,1H3. The van der Waals surface area contributed by atoms with Crippen molar-refractivity contribution < 1.29 is 4.74 Å². The minimum absolute atomic E-state index is 0.428. The molecule has 7 heteroatoms. The lowest BCUT2D eigenvalue weighted by Crippen LogP contribution is -2.31. The lowest BCUT2D eigenvalue weighted by molar-refractivity contribution is 0.371. The average molecular weight is 410 g/mol. The molecular weight excluding hydrogens is 386 g/mol. The zero-order valence-corrected chi connectivity index (χ0v) is 17.2. The summed E-state index contributed by atoms with van der Waals surface area (Å²) < 4.78 is 5.29. The Morgan fingerprint density at radius 1 is 1.14 bits per heavy atom. The fourth-order valence-electron chi connectivity index (χ4n) is 4.64. The maximum atomic E-state index is 6.26. The lowest BCUT2D eigenvalue weighted by atomic mass is 9.77. The van der Waals surface area contributed by atoms with E-state index in [1.165, 1.54) is 5.56 Å². The number of nitrogens with zero attached hydrogens (tertiary/aromatic N) is 3. The second-order valence-electron chi connectivity index (χ2n) is 7.80. The zero-order valence-electron chi connectivity index (χ0n) is 16.4. The Morgan fingerprint density at radius 3 is 2.79 bits per heavy atom. The van der Waals surface area contributed by atoms with Crippen LogP contribution in [0.4, 0.5) is 0 Å². The molecule has 0 bridgehead atoms. The Balaban J connectivity index is 1.38. The Kier molecular flexibility index (Phi) is 4.87. The van der Waals surface area contributed by atoms with E-state index >= 15 is 0 Å². The topological polar surface area (TPSA) is 74.7 Å². The quantitative estimate of drug-likeness (QED) is 0.818. The first kappa shape index (κ1) is 18.4. The highest BCUT2D eigenvalue weighted by Gasteiger charge is 2.31. The number of hydrazone groups is 1. The summed E-state index contributed by atoms with van der Waals surface area (Å²) in [5, 5.41) is 7.43. The molecule has 0 amide bonds. The number of methoxy groups -OCH3 is 1. The minimum Gasteiger partial charge on any atom is -0.481 e. The van der Waals surface area contributed by atoms with Gasteiger partial charge in [-0.1, -0.05) is 17.7 Å².